The molecule has 3 heteroatoms. The largest absolute Gasteiger partial charge is 0.371 e. The topological polar surface area (TPSA) is 24.5 Å². The molecule has 0 amide bonds. The van der Waals surface area contributed by atoms with Gasteiger partial charge in [-0.05, 0) is 21.0 Å². The van der Waals surface area contributed by atoms with Gasteiger partial charge in [0, 0.05) is 26.2 Å². The molecule has 0 aromatic carbocycles. The van der Waals surface area contributed by atoms with Crippen LogP contribution in [0.4, 0.5) is 0 Å². The lowest BCUT2D eigenvalue weighted by Gasteiger charge is -2.48. The molecular weight excluding hydrogens is 140 g/mol. The van der Waals surface area contributed by atoms with Crippen LogP contribution < -0.4 is 5.32 Å². The van der Waals surface area contributed by atoms with Crippen LogP contribution in [-0.2, 0) is 4.74 Å². The molecule has 0 saturated carbocycles. The molecular formula is C8H18N2O. The lowest BCUT2D eigenvalue weighted by Crippen LogP contribution is -2.65. The third kappa shape index (κ3) is 1.92. The highest BCUT2D eigenvalue weighted by molar-refractivity contribution is 4.97. The number of likely N-dealkylation sites (tertiary alicyclic amines) is 1. The lowest BCUT2D eigenvalue weighted by atomic mass is 9.94. The molecule has 0 aliphatic carbocycles. The van der Waals surface area contributed by atoms with Crippen molar-refractivity contribution in [1.29, 1.82) is 0 Å². The standard InChI is InChI=1S/C8H18N2O/c1-4-11-8(5-9-2)6-10(3)7-8/h9H,4-7H2,1-3H3. The fourth-order valence-electron chi connectivity index (χ4n) is 1.82. The van der Waals surface area contributed by atoms with Crippen LogP contribution in [0.2, 0.25) is 0 Å². The Bertz CT molecular complexity index is 106. The molecule has 1 fully saturated rings. The van der Waals surface area contributed by atoms with Crippen LogP contribution >= 0.6 is 0 Å². The first-order valence-electron chi connectivity index (χ1n) is 4.19. The van der Waals surface area contributed by atoms with Gasteiger partial charge in [0.15, 0.2) is 0 Å². The highest BCUT2D eigenvalue weighted by atomic mass is 16.5. The Kier molecular flexibility index (Phi) is 2.87. The summed E-state index contributed by atoms with van der Waals surface area (Å²) in [6.07, 6.45) is 0. The van der Waals surface area contributed by atoms with Crippen molar-refractivity contribution in [2.24, 2.45) is 0 Å². The van der Waals surface area contributed by atoms with E-state index in [0.29, 0.717) is 0 Å². The fourth-order valence-corrected chi connectivity index (χ4v) is 1.82. The first kappa shape index (κ1) is 8.97. The van der Waals surface area contributed by atoms with Crippen LogP contribution in [0.1, 0.15) is 6.92 Å². The summed E-state index contributed by atoms with van der Waals surface area (Å²) in [5.74, 6) is 0. The second kappa shape index (κ2) is 3.52. The van der Waals surface area contributed by atoms with Crippen molar-refractivity contribution < 1.29 is 4.74 Å². The number of ether oxygens (including phenoxy) is 1. The van der Waals surface area contributed by atoms with E-state index in [4.69, 9.17) is 4.74 Å². The van der Waals surface area contributed by atoms with Gasteiger partial charge in [-0.25, -0.2) is 0 Å². The Hall–Kier alpha value is -0.120. The second-order valence-corrected chi connectivity index (χ2v) is 3.32. The van der Waals surface area contributed by atoms with Gasteiger partial charge in [0.1, 0.15) is 5.60 Å². The molecule has 1 heterocycles. The molecule has 0 atom stereocenters. The first-order chi connectivity index (χ1) is 5.22. The molecule has 0 aromatic heterocycles. The zero-order chi connectivity index (χ0) is 8.32. The Morgan fingerprint density at radius 3 is 2.55 bits per heavy atom. The third-order valence-electron chi connectivity index (χ3n) is 2.07. The average molecular weight is 158 g/mol. The highest BCUT2D eigenvalue weighted by Crippen LogP contribution is 2.22. The van der Waals surface area contributed by atoms with Gasteiger partial charge in [0.25, 0.3) is 0 Å². The summed E-state index contributed by atoms with van der Waals surface area (Å²) < 4.78 is 5.67. The summed E-state index contributed by atoms with van der Waals surface area (Å²) in [7, 11) is 4.09. The molecule has 0 aromatic rings. The van der Waals surface area contributed by atoms with E-state index in [-0.39, 0.29) is 5.60 Å². The quantitative estimate of drug-likeness (QED) is 0.619. The maximum atomic E-state index is 5.67. The fraction of sp³-hybridized carbons (Fsp3) is 1.00. The van der Waals surface area contributed by atoms with Crippen LogP contribution in [0.3, 0.4) is 0 Å². The molecule has 1 aliphatic rings. The average Bonchev–Trinajstić information content (AvgIpc) is 1.86. The predicted octanol–water partition coefficient (Wildman–Crippen LogP) is -0.0735. The molecule has 0 radical (unpaired) electrons. The van der Waals surface area contributed by atoms with E-state index in [9.17, 15) is 0 Å². The second-order valence-electron chi connectivity index (χ2n) is 3.32. The summed E-state index contributed by atoms with van der Waals surface area (Å²) in [6.45, 7) is 5.94. The first-order valence-corrected chi connectivity index (χ1v) is 4.19. The molecule has 0 unspecified atom stereocenters. The van der Waals surface area contributed by atoms with Gasteiger partial charge in [-0.2, -0.15) is 0 Å². The Balaban J connectivity index is 2.33. The molecule has 0 spiro atoms. The minimum atomic E-state index is 0.109. The van der Waals surface area contributed by atoms with E-state index in [1.807, 2.05) is 7.05 Å². The van der Waals surface area contributed by atoms with E-state index in [0.717, 1.165) is 26.2 Å². The van der Waals surface area contributed by atoms with Gasteiger partial charge in [-0.15, -0.1) is 0 Å². The molecule has 66 valence electrons. The van der Waals surface area contributed by atoms with Gasteiger partial charge in [0.2, 0.25) is 0 Å². The zero-order valence-electron chi connectivity index (χ0n) is 7.68. The maximum absolute atomic E-state index is 5.67. The molecule has 0 bridgehead atoms. The van der Waals surface area contributed by atoms with E-state index < -0.39 is 0 Å². The lowest BCUT2D eigenvalue weighted by molar-refractivity contribution is -0.128. The number of hydrogen-bond donors (Lipinski definition) is 1. The van der Waals surface area contributed by atoms with Crippen LogP contribution in [0.5, 0.6) is 0 Å². The number of rotatable bonds is 4. The number of hydrogen-bond acceptors (Lipinski definition) is 3. The molecule has 1 aliphatic heterocycles. The molecule has 1 N–H and O–H groups in total. The smallest absolute Gasteiger partial charge is 0.106 e. The van der Waals surface area contributed by atoms with Crippen molar-refractivity contribution in [2.45, 2.75) is 12.5 Å². The molecule has 3 nitrogen and oxygen atoms in total. The van der Waals surface area contributed by atoms with Crippen molar-refractivity contribution in [3.05, 3.63) is 0 Å². The van der Waals surface area contributed by atoms with Gasteiger partial charge in [0.05, 0.1) is 0 Å². The highest BCUT2D eigenvalue weighted by Gasteiger charge is 2.41. The monoisotopic (exact) mass is 158 g/mol. The Morgan fingerprint density at radius 1 is 1.55 bits per heavy atom. The van der Waals surface area contributed by atoms with Crippen molar-refractivity contribution in [2.75, 3.05) is 40.3 Å². The predicted molar refractivity (Wildman–Crippen MR) is 45.8 cm³/mol. The Labute approximate surface area is 68.7 Å². The van der Waals surface area contributed by atoms with Crippen molar-refractivity contribution >= 4 is 0 Å². The summed E-state index contributed by atoms with van der Waals surface area (Å²) >= 11 is 0. The minimum absolute atomic E-state index is 0.109. The normalized spacial score (nSPS) is 23.2. The summed E-state index contributed by atoms with van der Waals surface area (Å²) in [6, 6.07) is 0. The van der Waals surface area contributed by atoms with Crippen molar-refractivity contribution in [1.82, 2.24) is 10.2 Å². The van der Waals surface area contributed by atoms with E-state index in [2.05, 4.69) is 24.2 Å². The van der Waals surface area contributed by atoms with Gasteiger partial charge < -0.3 is 15.0 Å². The van der Waals surface area contributed by atoms with Gasteiger partial charge in [-0.1, -0.05) is 0 Å². The van der Waals surface area contributed by atoms with E-state index in [1.165, 1.54) is 0 Å². The van der Waals surface area contributed by atoms with Gasteiger partial charge >= 0.3 is 0 Å². The van der Waals surface area contributed by atoms with E-state index in [1.54, 1.807) is 0 Å². The van der Waals surface area contributed by atoms with Gasteiger partial charge in [-0.3, -0.25) is 0 Å². The molecule has 1 saturated heterocycles. The number of likely N-dealkylation sites (N-methyl/N-ethyl adjacent to an activating group) is 2. The van der Waals surface area contributed by atoms with Crippen molar-refractivity contribution in [3.63, 3.8) is 0 Å². The zero-order valence-corrected chi connectivity index (χ0v) is 7.68. The summed E-state index contributed by atoms with van der Waals surface area (Å²) in [5, 5.41) is 3.16. The summed E-state index contributed by atoms with van der Waals surface area (Å²) in [5.41, 5.74) is 0.109. The molecule has 1 rings (SSSR count). The van der Waals surface area contributed by atoms with Crippen LogP contribution in [0.15, 0.2) is 0 Å². The Morgan fingerprint density at radius 2 is 2.18 bits per heavy atom. The van der Waals surface area contributed by atoms with Crippen LogP contribution in [-0.4, -0.2) is 50.8 Å². The summed E-state index contributed by atoms with van der Waals surface area (Å²) in [4.78, 5) is 2.27. The van der Waals surface area contributed by atoms with Crippen LogP contribution in [0.25, 0.3) is 0 Å². The molecule has 11 heavy (non-hydrogen) atoms. The minimum Gasteiger partial charge on any atom is -0.371 e. The third-order valence-corrected chi connectivity index (χ3v) is 2.07. The maximum Gasteiger partial charge on any atom is 0.106 e. The number of nitrogens with zero attached hydrogens (tertiary/aromatic N) is 1. The van der Waals surface area contributed by atoms with Crippen molar-refractivity contribution in [3.8, 4) is 0 Å². The number of nitrogens with one attached hydrogen (secondary N) is 1. The van der Waals surface area contributed by atoms with E-state index >= 15 is 0 Å². The SMILES string of the molecule is CCOC1(CNC)CN(C)C1. The van der Waals surface area contributed by atoms with Crippen LogP contribution in [0, 0.1) is 0 Å².